The number of unbranched alkanes of at least 4 members (excludes halogenated alkanes) is 2. The zero-order chi connectivity index (χ0) is 25.5. The van der Waals surface area contributed by atoms with E-state index in [1.807, 2.05) is 19.1 Å². The van der Waals surface area contributed by atoms with Gasteiger partial charge in [-0.1, -0.05) is 53.0 Å². The molecule has 2 aromatic carbocycles. The van der Waals surface area contributed by atoms with Gasteiger partial charge in [-0.05, 0) is 59.6 Å². The van der Waals surface area contributed by atoms with Crippen molar-refractivity contribution in [3.8, 4) is 11.5 Å². The van der Waals surface area contributed by atoms with E-state index in [0.29, 0.717) is 17.7 Å². The molecule has 0 aliphatic carbocycles. The molecule has 6 nitrogen and oxygen atoms in total. The van der Waals surface area contributed by atoms with Crippen molar-refractivity contribution in [3.63, 3.8) is 0 Å². The van der Waals surface area contributed by atoms with Crippen LogP contribution in [0.5, 0.6) is 11.5 Å². The Kier molecular flexibility index (Phi) is 9.54. The second-order valence-electron chi connectivity index (χ2n) is 9.88. The highest BCUT2D eigenvalue weighted by Gasteiger charge is 2.24. The van der Waals surface area contributed by atoms with Crippen molar-refractivity contribution < 1.29 is 19.1 Å². The van der Waals surface area contributed by atoms with Crippen molar-refractivity contribution in [2.75, 3.05) is 19.5 Å². The number of rotatable bonds is 11. The predicted molar refractivity (Wildman–Crippen MR) is 138 cm³/mol. The number of anilines is 1. The molecule has 3 N–H and O–H groups in total. The summed E-state index contributed by atoms with van der Waals surface area (Å²) in [7, 11) is 3.28. The van der Waals surface area contributed by atoms with Gasteiger partial charge in [-0.3, -0.25) is 9.59 Å². The zero-order valence-corrected chi connectivity index (χ0v) is 21.7. The summed E-state index contributed by atoms with van der Waals surface area (Å²) in [4.78, 5) is 25.1. The molecule has 2 aromatic rings. The predicted octanol–water partition coefficient (Wildman–Crippen LogP) is 6.10. The quantitative estimate of drug-likeness (QED) is 0.390. The molecule has 2 rings (SSSR count). The van der Waals surface area contributed by atoms with Crippen molar-refractivity contribution in [1.82, 2.24) is 0 Å². The lowest BCUT2D eigenvalue weighted by molar-refractivity contribution is -0.116. The molecular weight excluding hydrogens is 428 g/mol. The molecule has 1 atom stereocenters. The third-order valence-corrected chi connectivity index (χ3v) is 6.16. The molecule has 0 saturated heterocycles. The van der Waals surface area contributed by atoms with Gasteiger partial charge in [0.15, 0.2) is 0 Å². The first-order valence-electron chi connectivity index (χ1n) is 12.0. The van der Waals surface area contributed by atoms with Crippen molar-refractivity contribution >= 4 is 17.5 Å². The van der Waals surface area contributed by atoms with Crippen molar-refractivity contribution in [2.24, 2.45) is 5.73 Å². The number of aryl methyl sites for hydroxylation is 1. The van der Waals surface area contributed by atoms with E-state index >= 15 is 0 Å². The van der Waals surface area contributed by atoms with Crippen LogP contribution >= 0.6 is 0 Å². The smallest absolute Gasteiger partial charge is 0.248 e. The molecule has 0 saturated carbocycles. The van der Waals surface area contributed by atoms with Crippen LogP contribution in [0.1, 0.15) is 92.8 Å². The number of carbonyl (C=O) groups is 2. The van der Waals surface area contributed by atoms with Gasteiger partial charge >= 0.3 is 0 Å². The first-order valence-corrected chi connectivity index (χ1v) is 12.0. The van der Waals surface area contributed by atoms with E-state index in [9.17, 15) is 9.59 Å². The van der Waals surface area contributed by atoms with Gasteiger partial charge in [-0.2, -0.15) is 0 Å². The summed E-state index contributed by atoms with van der Waals surface area (Å²) >= 11 is 0. The van der Waals surface area contributed by atoms with E-state index in [4.69, 9.17) is 15.2 Å². The van der Waals surface area contributed by atoms with Gasteiger partial charge in [-0.15, -0.1) is 0 Å². The first kappa shape index (κ1) is 27.2. The number of primary amides is 1. The summed E-state index contributed by atoms with van der Waals surface area (Å²) in [5.41, 5.74) is 9.23. The zero-order valence-electron chi connectivity index (χ0n) is 21.7. The largest absolute Gasteiger partial charge is 0.496 e. The Morgan fingerprint density at radius 1 is 1.03 bits per heavy atom. The highest BCUT2D eigenvalue weighted by atomic mass is 16.5. The summed E-state index contributed by atoms with van der Waals surface area (Å²) in [6.45, 7) is 10.4. The minimum atomic E-state index is -0.521. The lowest BCUT2D eigenvalue weighted by Gasteiger charge is -2.25. The molecule has 0 radical (unpaired) electrons. The standard InChI is InChI=1S/C28H40N2O4/c1-8-9-10-11-19(21-14-18(2)24(33-6)17-25(21)34-7)16-26(31)30-23-15-20(27(29)32)12-13-22(23)28(3,4)5/h12-15,17,19H,8-11,16H2,1-7H3,(H2,29,32)(H,30,31). The Bertz CT molecular complexity index is 1010. The second kappa shape index (κ2) is 11.9. The number of amides is 2. The molecule has 0 fully saturated rings. The van der Waals surface area contributed by atoms with Crippen LogP contribution in [0.25, 0.3) is 0 Å². The molecule has 0 aromatic heterocycles. The van der Waals surface area contributed by atoms with Crippen LogP contribution in [-0.4, -0.2) is 26.0 Å². The van der Waals surface area contributed by atoms with Gasteiger partial charge in [0.25, 0.3) is 0 Å². The van der Waals surface area contributed by atoms with E-state index in [1.54, 1.807) is 26.4 Å². The van der Waals surface area contributed by atoms with Gasteiger partial charge in [-0.25, -0.2) is 0 Å². The summed E-state index contributed by atoms with van der Waals surface area (Å²) < 4.78 is 11.1. The number of nitrogens with one attached hydrogen (secondary N) is 1. The maximum Gasteiger partial charge on any atom is 0.248 e. The number of methoxy groups -OCH3 is 2. The molecule has 6 heteroatoms. The minimum Gasteiger partial charge on any atom is -0.496 e. The molecule has 0 spiro atoms. The number of hydrogen-bond acceptors (Lipinski definition) is 4. The minimum absolute atomic E-state index is 0.0106. The van der Waals surface area contributed by atoms with Crippen LogP contribution in [0.4, 0.5) is 5.69 Å². The average Bonchev–Trinajstić information content (AvgIpc) is 2.77. The van der Waals surface area contributed by atoms with E-state index in [2.05, 4.69) is 39.1 Å². The summed E-state index contributed by atoms with van der Waals surface area (Å²) in [6.07, 6.45) is 4.40. The summed E-state index contributed by atoms with van der Waals surface area (Å²) in [6, 6.07) is 9.20. The summed E-state index contributed by atoms with van der Waals surface area (Å²) in [5, 5.41) is 3.07. The maximum atomic E-state index is 13.3. The first-order chi connectivity index (χ1) is 16.0. The Morgan fingerprint density at radius 3 is 2.26 bits per heavy atom. The van der Waals surface area contributed by atoms with Gasteiger partial charge in [0, 0.05) is 23.7 Å². The normalized spacial score (nSPS) is 12.2. The highest BCUT2D eigenvalue weighted by Crippen LogP contribution is 2.38. The maximum absolute atomic E-state index is 13.3. The van der Waals surface area contributed by atoms with Crippen LogP contribution < -0.4 is 20.5 Å². The lowest BCUT2D eigenvalue weighted by Crippen LogP contribution is -2.22. The fourth-order valence-corrected chi connectivity index (χ4v) is 4.30. The number of hydrogen-bond donors (Lipinski definition) is 2. The van der Waals surface area contributed by atoms with Gasteiger partial charge in [0.1, 0.15) is 11.5 Å². The van der Waals surface area contributed by atoms with Crippen molar-refractivity contribution in [1.29, 1.82) is 0 Å². The SMILES string of the molecule is CCCCCC(CC(=O)Nc1cc(C(N)=O)ccc1C(C)(C)C)c1cc(C)c(OC)cc1OC. The number of carbonyl (C=O) groups excluding carboxylic acids is 2. The number of benzene rings is 2. The molecular formula is C28H40N2O4. The fraction of sp³-hybridized carbons (Fsp3) is 0.500. The van der Waals surface area contributed by atoms with E-state index in [-0.39, 0.29) is 17.2 Å². The topological polar surface area (TPSA) is 90.7 Å². The van der Waals surface area contributed by atoms with Crippen LogP contribution in [0.2, 0.25) is 0 Å². The van der Waals surface area contributed by atoms with Gasteiger partial charge < -0.3 is 20.5 Å². The third-order valence-electron chi connectivity index (χ3n) is 6.16. The van der Waals surface area contributed by atoms with Gasteiger partial charge in [0.05, 0.1) is 14.2 Å². The molecule has 1 unspecified atom stereocenters. The number of ether oxygens (including phenoxy) is 2. The summed E-state index contributed by atoms with van der Waals surface area (Å²) in [5.74, 6) is 0.845. The lowest BCUT2D eigenvalue weighted by atomic mass is 9.84. The Morgan fingerprint density at radius 2 is 1.71 bits per heavy atom. The van der Waals surface area contributed by atoms with E-state index in [0.717, 1.165) is 53.9 Å². The molecule has 0 heterocycles. The van der Waals surface area contributed by atoms with E-state index < -0.39 is 5.91 Å². The molecule has 186 valence electrons. The third kappa shape index (κ3) is 6.99. The highest BCUT2D eigenvalue weighted by molar-refractivity contribution is 5.97. The van der Waals surface area contributed by atoms with Crippen LogP contribution in [0, 0.1) is 6.92 Å². The molecule has 34 heavy (non-hydrogen) atoms. The molecule has 0 bridgehead atoms. The number of nitrogens with two attached hydrogens (primary N) is 1. The Hall–Kier alpha value is -3.02. The van der Waals surface area contributed by atoms with Crippen LogP contribution in [0.15, 0.2) is 30.3 Å². The molecule has 0 aliphatic heterocycles. The molecule has 0 aliphatic rings. The van der Waals surface area contributed by atoms with Crippen molar-refractivity contribution in [2.45, 2.75) is 78.1 Å². The monoisotopic (exact) mass is 468 g/mol. The van der Waals surface area contributed by atoms with Gasteiger partial charge in [0.2, 0.25) is 11.8 Å². The second-order valence-corrected chi connectivity index (χ2v) is 9.88. The Balaban J connectivity index is 2.39. The van der Waals surface area contributed by atoms with Crippen molar-refractivity contribution in [3.05, 3.63) is 52.6 Å². The van der Waals surface area contributed by atoms with Crippen LogP contribution in [0.3, 0.4) is 0 Å². The van der Waals surface area contributed by atoms with Crippen LogP contribution in [-0.2, 0) is 10.2 Å². The average molecular weight is 469 g/mol. The molecule has 2 amide bonds. The fourth-order valence-electron chi connectivity index (χ4n) is 4.30. The van der Waals surface area contributed by atoms with E-state index in [1.165, 1.54) is 0 Å². The Labute approximate surface area is 204 Å².